The summed E-state index contributed by atoms with van der Waals surface area (Å²) in [5.41, 5.74) is 1.38. The Hall–Kier alpha value is -1.55. The standard InChI is InChI=1S/C24H39N3O/c1-3-4-17-27(23(28)25-24(2)15-9-6-10-16-24)22-13-18-26(19-14-22)20-21-11-7-5-8-12-21/h5,7-8,11-12,22H,3-4,6,9-10,13-20H2,1-2H3,(H,25,28). The molecule has 2 fully saturated rings. The lowest BCUT2D eigenvalue weighted by atomic mass is 9.83. The number of piperidine rings is 1. The van der Waals surface area contributed by atoms with E-state index in [2.05, 4.69) is 59.3 Å². The molecule has 1 aliphatic heterocycles. The average Bonchev–Trinajstić information content (AvgIpc) is 2.70. The second-order valence-electron chi connectivity index (χ2n) is 9.09. The van der Waals surface area contributed by atoms with Crippen LogP contribution in [0.5, 0.6) is 0 Å². The largest absolute Gasteiger partial charge is 0.333 e. The number of benzene rings is 1. The van der Waals surface area contributed by atoms with E-state index in [1.807, 2.05) is 0 Å². The number of hydrogen-bond donors (Lipinski definition) is 1. The predicted molar refractivity (Wildman–Crippen MR) is 116 cm³/mol. The first-order valence-electron chi connectivity index (χ1n) is 11.4. The summed E-state index contributed by atoms with van der Waals surface area (Å²) in [6.07, 6.45) is 10.4. The Kier molecular flexibility index (Phi) is 7.78. The van der Waals surface area contributed by atoms with E-state index in [4.69, 9.17) is 0 Å². The second-order valence-corrected chi connectivity index (χ2v) is 9.09. The third-order valence-corrected chi connectivity index (χ3v) is 6.63. The highest BCUT2D eigenvalue weighted by atomic mass is 16.2. The molecule has 1 aromatic carbocycles. The van der Waals surface area contributed by atoms with Gasteiger partial charge in [0, 0.05) is 37.8 Å². The first kappa shape index (κ1) is 21.2. The topological polar surface area (TPSA) is 35.6 Å². The van der Waals surface area contributed by atoms with Crippen molar-refractivity contribution in [1.29, 1.82) is 0 Å². The number of nitrogens with one attached hydrogen (secondary N) is 1. The molecule has 1 N–H and O–H groups in total. The van der Waals surface area contributed by atoms with Crippen molar-refractivity contribution in [2.75, 3.05) is 19.6 Å². The van der Waals surface area contributed by atoms with Crippen LogP contribution in [0.2, 0.25) is 0 Å². The van der Waals surface area contributed by atoms with E-state index in [0.717, 1.165) is 64.7 Å². The molecule has 2 aliphatic rings. The highest BCUT2D eigenvalue weighted by Crippen LogP contribution is 2.28. The molecule has 3 rings (SSSR count). The van der Waals surface area contributed by atoms with Crippen molar-refractivity contribution in [1.82, 2.24) is 15.1 Å². The number of amides is 2. The van der Waals surface area contributed by atoms with Crippen LogP contribution in [0.4, 0.5) is 4.79 Å². The van der Waals surface area contributed by atoms with Crippen LogP contribution >= 0.6 is 0 Å². The number of carbonyl (C=O) groups excluding carboxylic acids is 1. The first-order chi connectivity index (χ1) is 13.6. The molecule has 0 atom stereocenters. The van der Waals surface area contributed by atoms with Gasteiger partial charge in [-0.25, -0.2) is 4.79 Å². The fourth-order valence-corrected chi connectivity index (χ4v) is 4.80. The number of carbonyl (C=O) groups is 1. The van der Waals surface area contributed by atoms with Gasteiger partial charge in [-0.15, -0.1) is 0 Å². The van der Waals surface area contributed by atoms with Crippen LogP contribution in [0.3, 0.4) is 0 Å². The zero-order valence-electron chi connectivity index (χ0n) is 18.0. The van der Waals surface area contributed by atoms with E-state index < -0.39 is 0 Å². The molecule has 1 saturated heterocycles. The van der Waals surface area contributed by atoms with Crippen molar-refractivity contribution < 1.29 is 4.79 Å². The van der Waals surface area contributed by atoms with Crippen molar-refractivity contribution in [3.8, 4) is 0 Å². The van der Waals surface area contributed by atoms with Gasteiger partial charge >= 0.3 is 6.03 Å². The van der Waals surface area contributed by atoms with Crippen LogP contribution in [-0.4, -0.2) is 47.0 Å². The lowest BCUT2D eigenvalue weighted by Gasteiger charge is -2.41. The SMILES string of the molecule is CCCCN(C(=O)NC1(C)CCCCC1)C1CCN(Cc2ccccc2)CC1. The van der Waals surface area contributed by atoms with Crippen LogP contribution in [0.25, 0.3) is 0 Å². The maximum atomic E-state index is 13.2. The fraction of sp³-hybridized carbons (Fsp3) is 0.708. The monoisotopic (exact) mass is 385 g/mol. The molecule has 0 spiro atoms. The molecule has 156 valence electrons. The maximum Gasteiger partial charge on any atom is 0.318 e. The lowest BCUT2D eigenvalue weighted by molar-refractivity contribution is 0.108. The Labute approximate surface area is 171 Å². The number of hydrogen-bond acceptors (Lipinski definition) is 2. The number of unbranched alkanes of at least 4 members (excludes halogenated alkanes) is 1. The van der Waals surface area contributed by atoms with Crippen LogP contribution in [0, 0.1) is 0 Å². The molecular weight excluding hydrogens is 346 g/mol. The van der Waals surface area contributed by atoms with Gasteiger partial charge in [0.2, 0.25) is 0 Å². The Morgan fingerprint density at radius 3 is 2.46 bits per heavy atom. The van der Waals surface area contributed by atoms with Gasteiger partial charge in [-0.1, -0.05) is 62.9 Å². The van der Waals surface area contributed by atoms with Crippen molar-refractivity contribution in [3.63, 3.8) is 0 Å². The summed E-state index contributed by atoms with van der Waals surface area (Å²) < 4.78 is 0. The number of nitrogens with zero attached hydrogens (tertiary/aromatic N) is 2. The summed E-state index contributed by atoms with van der Waals surface area (Å²) in [5.74, 6) is 0. The Morgan fingerprint density at radius 1 is 1.14 bits per heavy atom. The zero-order chi connectivity index (χ0) is 19.8. The third kappa shape index (κ3) is 5.97. The van der Waals surface area contributed by atoms with Gasteiger partial charge in [-0.2, -0.15) is 0 Å². The zero-order valence-corrected chi connectivity index (χ0v) is 18.0. The molecule has 1 aromatic rings. The van der Waals surface area contributed by atoms with E-state index >= 15 is 0 Å². The van der Waals surface area contributed by atoms with Gasteiger partial charge in [0.15, 0.2) is 0 Å². The summed E-state index contributed by atoms with van der Waals surface area (Å²) >= 11 is 0. The summed E-state index contributed by atoms with van der Waals surface area (Å²) in [6, 6.07) is 11.3. The van der Waals surface area contributed by atoms with E-state index in [1.165, 1.54) is 24.8 Å². The van der Waals surface area contributed by atoms with Gasteiger partial charge < -0.3 is 10.2 Å². The Bertz CT molecular complexity index is 589. The molecule has 0 aromatic heterocycles. The highest BCUT2D eigenvalue weighted by molar-refractivity contribution is 5.75. The predicted octanol–water partition coefficient (Wildman–Crippen LogP) is 5.19. The van der Waals surface area contributed by atoms with Crippen LogP contribution in [0.15, 0.2) is 30.3 Å². The van der Waals surface area contributed by atoms with E-state index in [9.17, 15) is 4.79 Å². The van der Waals surface area contributed by atoms with Gasteiger partial charge in [-0.05, 0) is 44.6 Å². The molecular formula is C24H39N3O. The fourth-order valence-electron chi connectivity index (χ4n) is 4.80. The minimum atomic E-state index is -0.00614. The molecule has 28 heavy (non-hydrogen) atoms. The maximum absolute atomic E-state index is 13.2. The summed E-state index contributed by atoms with van der Waals surface area (Å²) in [4.78, 5) is 17.9. The van der Waals surface area contributed by atoms with Crippen LogP contribution in [-0.2, 0) is 6.54 Å². The van der Waals surface area contributed by atoms with E-state index in [1.54, 1.807) is 0 Å². The normalized spacial score (nSPS) is 20.6. The van der Waals surface area contributed by atoms with Crippen molar-refractivity contribution in [3.05, 3.63) is 35.9 Å². The van der Waals surface area contributed by atoms with Crippen molar-refractivity contribution in [2.45, 2.75) is 89.8 Å². The number of rotatable bonds is 7. The average molecular weight is 386 g/mol. The van der Waals surface area contributed by atoms with Gasteiger partial charge in [0.25, 0.3) is 0 Å². The minimum Gasteiger partial charge on any atom is -0.333 e. The molecule has 1 aliphatic carbocycles. The minimum absolute atomic E-state index is 0.00614. The van der Waals surface area contributed by atoms with Gasteiger partial charge in [0.1, 0.15) is 0 Å². The smallest absolute Gasteiger partial charge is 0.318 e. The van der Waals surface area contributed by atoms with E-state index in [0.29, 0.717) is 6.04 Å². The second kappa shape index (κ2) is 10.3. The number of urea groups is 1. The molecule has 0 bridgehead atoms. The van der Waals surface area contributed by atoms with Gasteiger partial charge in [-0.3, -0.25) is 4.90 Å². The van der Waals surface area contributed by atoms with Crippen molar-refractivity contribution >= 4 is 6.03 Å². The molecule has 2 amide bonds. The molecule has 4 nitrogen and oxygen atoms in total. The highest BCUT2D eigenvalue weighted by Gasteiger charge is 2.33. The van der Waals surface area contributed by atoms with Gasteiger partial charge in [0.05, 0.1) is 0 Å². The van der Waals surface area contributed by atoms with Crippen LogP contribution < -0.4 is 5.32 Å². The van der Waals surface area contributed by atoms with Crippen molar-refractivity contribution in [2.24, 2.45) is 0 Å². The molecule has 1 saturated carbocycles. The first-order valence-corrected chi connectivity index (χ1v) is 11.4. The lowest BCUT2D eigenvalue weighted by Crippen LogP contribution is -2.56. The summed E-state index contributed by atoms with van der Waals surface area (Å²) in [7, 11) is 0. The molecule has 0 radical (unpaired) electrons. The third-order valence-electron chi connectivity index (χ3n) is 6.63. The molecule has 4 heteroatoms. The number of likely N-dealkylation sites (tertiary alicyclic amines) is 1. The molecule has 0 unspecified atom stereocenters. The summed E-state index contributed by atoms with van der Waals surface area (Å²) in [6.45, 7) is 8.51. The Morgan fingerprint density at radius 2 is 1.82 bits per heavy atom. The van der Waals surface area contributed by atoms with E-state index in [-0.39, 0.29) is 11.6 Å². The van der Waals surface area contributed by atoms with Crippen LogP contribution in [0.1, 0.15) is 77.2 Å². The quantitative estimate of drug-likeness (QED) is 0.701. The molecule has 1 heterocycles. The Balaban J connectivity index is 1.55. The summed E-state index contributed by atoms with van der Waals surface area (Å²) in [5, 5.41) is 3.43.